The van der Waals surface area contributed by atoms with Crippen LogP contribution in [0.3, 0.4) is 0 Å². The number of hydrogen-bond donors (Lipinski definition) is 2. The molecule has 1 unspecified atom stereocenters. The number of carboxylic acid groups (broad SMARTS) is 1. The monoisotopic (exact) mass is 216 g/mol. The number of benzene rings is 1. The number of fused-ring (bicyclic) bond motifs is 1. The molecular formula is C12H12N2O2. The van der Waals surface area contributed by atoms with Crippen LogP contribution in [0.2, 0.25) is 0 Å². The number of nitrogens with two attached hydrogens (primary N) is 1. The molecule has 4 nitrogen and oxygen atoms in total. The van der Waals surface area contributed by atoms with Gasteiger partial charge in [-0.3, -0.25) is 4.79 Å². The van der Waals surface area contributed by atoms with Crippen molar-refractivity contribution in [2.45, 2.75) is 12.8 Å². The molecule has 0 spiro atoms. The van der Waals surface area contributed by atoms with Gasteiger partial charge in [0.2, 0.25) is 0 Å². The van der Waals surface area contributed by atoms with Gasteiger partial charge in [0.25, 0.3) is 0 Å². The van der Waals surface area contributed by atoms with E-state index in [0.29, 0.717) is 5.56 Å². The second-order valence-corrected chi connectivity index (χ2v) is 3.72. The van der Waals surface area contributed by atoms with Crippen LogP contribution >= 0.6 is 0 Å². The lowest BCUT2D eigenvalue weighted by Gasteiger charge is -2.10. The van der Waals surface area contributed by atoms with Crippen molar-refractivity contribution >= 4 is 22.7 Å². The quantitative estimate of drug-likeness (QED) is 0.805. The Morgan fingerprint density at radius 1 is 1.44 bits per heavy atom. The Morgan fingerprint density at radius 3 is 2.81 bits per heavy atom. The molecule has 3 N–H and O–H groups in total. The maximum Gasteiger partial charge on any atom is 0.310 e. The highest BCUT2D eigenvalue weighted by Gasteiger charge is 2.17. The van der Waals surface area contributed by atoms with Crippen LogP contribution in [-0.2, 0) is 4.79 Å². The maximum atomic E-state index is 10.9. The van der Waals surface area contributed by atoms with Gasteiger partial charge in [0.1, 0.15) is 5.82 Å². The van der Waals surface area contributed by atoms with E-state index < -0.39 is 11.9 Å². The molecule has 2 rings (SSSR count). The third-order valence-corrected chi connectivity index (χ3v) is 2.62. The predicted octanol–water partition coefficient (Wildman–Crippen LogP) is 2.01. The molecule has 1 atom stereocenters. The summed E-state index contributed by atoms with van der Waals surface area (Å²) in [5.41, 5.74) is 7.09. The average Bonchev–Trinajstić information content (AvgIpc) is 2.27. The SMILES string of the molecule is CC(C(=O)O)c1cc2ccccc2nc1N. The highest BCUT2D eigenvalue weighted by molar-refractivity contribution is 5.85. The van der Waals surface area contributed by atoms with Gasteiger partial charge in [-0.05, 0) is 19.1 Å². The number of carboxylic acids is 1. The number of aliphatic carboxylic acids is 1. The van der Waals surface area contributed by atoms with Crippen LogP contribution in [0, 0.1) is 0 Å². The lowest BCUT2D eigenvalue weighted by Crippen LogP contribution is -2.10. The van der Waals surface area contributed by atoms with Crippen LogP contribution in [0.4, 0.5) is 5.82 Å². The molecule has 1 aromatic carbocycles. The number of para-hydroxylation sites is 1. The molecule has 82 valence electrons. The van der Waals surface area contributed by atoms with E-state index in [2.05, 4.69) is 4.98 Å². The summed E-state index contributed by atoms with van der Waals surface area (Å²) in [7, 11) is 0. The smallest absolute Gasteiger partial charge is 0.310 e. The molecule has 0 saturated carbocycles. The summed E-state index contributed by atoms with van der Waals surface area (Å²) in [6.45, 7) is 1.60. The molecular weight excluding hydrogens is 204 g/mol. The number of nitrogens with zero attached hydrogens (tertiary/aromatic N) is 1. The maximum absolute atomic E-state index is 10.9. The normalized spacial score (nSPS) is 12.6. The van der Waals surface area contributed by atoms with Crippen molar-refractivity contribution in [3.63, 3.8) is 0 Å². The fourth-order valence-electron chi connectivity index (χ4n) is 1.63. The Balaban J connectivity index is 2.62. The lowest BCUT2D eigenvalue weighted by atomic mass is 10.0. The summed E-state index contributed by atoms with van der Waals surface area (Å²) in [6.07, 6.45) is 0. The summed E-state index contributed by atoms with van der Waals surface area (Å²) in [5.74, 6) is -1.26. The molecule has 0 bridgehead atoms. The average molecular weight is 216 g/mol. The second-order valence-electron chi connectivity index (χ2n) is 3.72. The molecule has 0 saturated heterocycles. The summed E-state index contributed by atoms with van der Waals surface area (Å²) < 4.78 is 0. The van der Waals surface area contributed by atoms with E-state index in [0.717, 1.165) is 10.9 Å². The zero-order chi connectivity index (χ0) is 11.7. The number of rotatable bonds is 2. The van der Waals surface area contributed by atoms with Crippen molar-refractivity contribution in [3.8, 4) is 0 Å². The van der Waals surface area contributed by atoms with Crippen molar-refractivity contribution in [1.29, 1.82) is 0 Å². The van der Waals surface area contributed by atoms with Crippen LogP contribution in [0.1, 0.15) is 18.4 Å². The number of carbonyl (C=O) groups is 1. The van der Waals surface area contributed by atoms with Crippen LogP contribution in [0.15, 0.2) is 30.3 Å². The fourth-order valence-corrected chi connectivity index (χ4v) is 1.63. The predicted molar refractivity (Wildman–Crippen MR) is 62.2 cm³/mol. The second kappa shape index (κ2) is 3.81. The van der Waals surface area contributed by atoms with Crippen molar-refractivity contribution in [1.82, 2.24) is 4.98 Å². The number of hydrogen-bond acceptors (Lipinski definition) is 3. The topological polar surface area (TPSA) is 76.2 Å². The Labute approximate surface area is 92.7 Å². The Kier molecular flexibility index (Phi) is 2.48. The van der Waals surface area contributed by atoms with E-state index in [9.17, 15) is 4.79 Å². The molecule has 0 fully saturated rings. The minimum absolute atomic E-state index is 0.286. The number of aromatic nitrogens is 1. The molecule has 1 aromatic heterocycles. The van der Waals surface area contributed by atoms with Crippen molar-refractivity contribution < 1.29 is 9.90 Å². The first kappa shape index (κ1) is 10.4. The van der Waals surface area contributed by atoms with E-state index in [1.54, 1.807) is 13.0 Å². The van der Waals surface area contributed by atoms with Gasteiger partial charge >= 0.3 is 5.97 Å². The van der Waals surface area contributed by atoms with Gasteiger partial charge in [-0.1, -0.05) is 18.2 Å². The van der Waals surface area contributed by atoms with Crippen molar-refractivity contribution in [3.05, 3.63) is 35.9 Å². The summed E-state index contributed by atoms with van der Waals surface area (Å²) in [5, 5.41) is 9.85. The largest absolute Gasteiger partial charge is 0.481 e. The Morgan fingerprint density at radius 2 is 2.12 bits per heavy atom. The van der Waals surface area contributed by atoms with E-state index in [-0.39, 0.29) is 5.82 Å². The standard InChI is InChI=1S/C12H12N2O2/c1-7(12(15)16)9-6-8-4-2-3-5-10(8)14-11(9)13/h2-7H,1H3,(H2,13,14)(H,15,16). The lowest BCUT2D eigenvalue weighted by molar-refractivity contribution is -0.138. The van der Waals surface area contributed by atoms with Gasteiger partial charge in [0, 0.05) is 10.9 Å². The first-order valence-corrected chi connectivity index (χ1v) is 4.97. The number of anilines is 1. The highest BCUT2D eigenvalue weighted by atomic mass is 16.4. The molecule has 2 aromatic rings. The van der Waals surface area contributed by atoms with Gasteiger partial charge in [-0.2, -0.15) is 0 Å². The highest BCUT2D eigenvalue weighted by Crippen LogP contribution is 2.25. The molecule has 4 heteroatoms. The first-order valence-electron chi connectivity index (χ1n) is 4.97. The van der Waals surface area contributed by atoms with E-state index in [1.165, 1.54) is 0 Å². The van der Waals surface area contributed by atoms with E-state index in [1.807, 2.05) is 24.3 Å². The third kappa shape index (κ3) is 1.69. The molecule has 0 aliphatic heterocycles. The fraction of sp³-hybridized carbons (Fsp3) is 0.167. The molecule has 0 aliphatic rings. The van der Waals surface area contributed by atoms with Gasteiger partial charge in [0.05, 0.1) is 11.4 Å². The summed E-state index contributed by atoms with van der Waals surface area (Å²) >= 11 is 0. The van der Waals surface area contributed by atoms with Crippen LogP contribution < -0.4 is 5.73 Å². The molecule has 0 radical (unpaired) electrons. The molecule has 0 aliphatic carbocycles. The van der Waals surface area contributed by atoms with Crippen molar-refractivity contribution in [2.75, 3.05) is 5.73 Å². The summed E-state index contributed by atoms with van der Waals surface area (Å²) in [4.78, 5) is 15.1. The summed E-state index contributed by atoms with van der Waals surface area (Å²) in [6, 6.07) is 9.28. The third-order valence-electron chi connectivity index (χ3n) is 2.62. The minimum atomic E-state index is -0.899. The Bertz CT molecular complexity index is 552. The van der Waals surface area contributed by atoms with Gasteiger partial charge < -0.3 is 10.8 Å². The Hall–Kier alpha value is -2.10. The molecule has 1 heterocycles. The zero-order valence-corrected chi connectivity index (χ0v) is 8.84. The van der Waals surface area contributed by atoms with Gasteiger partial charge in [-0.25, -0.2) is 4.98 Å². The van der Waals surface area contributed by atoms with Crippen LogP contribution in [0.5, 0.6) is 0 Å². The van der Waals surface area contributed by atoms with Gasteiger partial charge in [0.15, 0.2) is 0 Å². The van der Waals surface area contributed by atoms with Gasteiger partial charge in [-0.15, -0.1) is 0 Å². The van der Waals surface area contributed by atoms with Crippen molar-refractivity contribution in [2.24, 2.45) is 0 Å². The van der Waals surface area contributed by atoms with E-state index >= 15 is 0 Å². The molecule has 16 heavy (non-hydrogen) atoms. The minimum Gasteiger partial charge on any atom is -0.481 e. The van der Waals surface area contributed by atoms with Crippen LogP contribution in [-0.4, -0.2) is 16.1 Å². The first-order chi connectivity index (χ1) is 7.59. The zero-order valence-electron chi connectivity index (χ0n) is 8.84. The number of nitrogen functional groups attached to an aromatic ring is 1. The van der Waals surface area contributed by atoms with E-state index in [4.69, 9.17) is 10.8 Å². The van der Waals surface area contributed by atoms with Crippen LogP contribution in [0.25, 0.3) is 10.9 Å². The molecule has 0 amide bonds. The number of pyridine rings is 1.